The molecule has 0 bridgehead atoms. The van der Waals surface area contributed by atoms with E-state index < -0.39 is 23.1 Å². The van der Waals surface area contributed by atoms with Crippen LogP contribution in [0.25, 0.3) is 0 Å². The van der Waals surface area contributed by atoms with Gasteiger partial charge >= 0.3 is 0 Å². The maximum Gasteiger partial charge on any atom is 0.225 e. The van der Waals surface area contributed by atoms with E-state index in [1.54, 1.807) is 13.8 Å². The molecule has 5 heteroatoms. The van der Waals surface area contributed by atoms with Crippen LogP contribution < -0.4 is 5.32 Å². The molecule has 0 saturated heterocycles. The van der Waals surface area contributed by atoms with E-state index in [0.717, 1.165) is 12.1 Å². The quantitative estimate of drug-likeness (QED) is 0.830. The maximum absolute atomic E-state index is 13.3. The van der Waals surface area contributed by atoms with E-state index in [-0.39, 0.29) is 17.9 Å². The Hall–Kier alpha value is -1.16. The van der Waals surface area contributed by atoms with Crippen molar-refractivity contribution in [1.29, 1.82) is 0 Å². The average Bonchev–Trinajstić information content (AvgIpc) is 2.23. The molecule has 0 unspecified atom stereocenters. The fraction of sp³-hybridized carbons (Fsp3) is 0.417. The molecule has 1 amide bonds. The topological polar surface area (TPSA) is 29.1 Å². The monoisotopic (exact) mass is 261 g/mol. The number of nitrogens with one attached hydrogen (secondary N) is 1. The molecule has 0 aliphatic carbocycles. The van der Waals surface area contributed by atoms with E-state index >= 15 is 0 Å². The van der Waals surface area contributed by atoms with Gasteiger partial charge < -0.3 is 5.32 Å². The third kappa shape index (κ3) is 3.97. The number of alkyl halides is 1. The minimum Gasteiger partial charge on any atom is -0.350 e. The van der Waals surface area contributed by atoms with E-state index in [2.05, 4.69) is 5.32 Å². The van der Waals surface area contributed by atoms with Crippen molar-refractivity contribution in [2.75, 3.05) is 5.88 Å². The molecule has 1 rings (SSSR count). The van der Waals surface area contributed by atoms with Crippen LogP contribution in [0.4, 0.5) is 8.78 Å². The van der Waals surface area contributed by atoms with Crippen molar-refractivity contribution < 1.29 is 13.6 Å². The van der Waals surface area contributed by atoms with Crippen molar-refractivity contribution in [1.82, 2.24) is 5.32 Å². The van der Waals surface area contributed by atoms with Gasteiger partial charge in [0, 0.05) is 17.0 Å². The van der Waals surface area contributed by atoms with Gasteiger partial charge in [0.1, 0.15) is 11.6 Å². The van der Waals surface area contributed by atoms with Crippen LogP contribution in [-0.2, 0) is 11.2 Å². The van der Waals surface area contributed by atoms with Crippen LogP contribution in [-0.4, -0.2) is 17.3 Å². The maximum atomic E-state index is 13.3. The Morgan fingerprint density at radius 2 is 1.88 bits per heavy atom. The first kappa shape index (κ1) is 13.9. The summed E-state index contributed by atoms with van der Waals surface area (Å²) in [6, 6.07) is 3.51. The molecule has 2 nitrogen and oxygen atoms in total. The molecule has 0 aliphatic rings. The van der Waals surface area contributed by atoms with Crippen LogP contribution >= 0.6 is 11.6 Å². The molecular formula is C12H14ClF2NO. The van der Waals surface area contributed by atoms with E-state index in [1.165, 1.54) is 6.07 Å². The standard InChI is InChI=1S/C12H14ClF2NO/c1-12(2,7-13)16-11(17)6-8-9(14)4-3-5-10(8)15/h3-5H,6-7H2,1-2H3,(H,16,17). The summed E-state index contributed by atoms with van der Waals surface area (Å²) in [5.41, 5.74) is -0.823. The molecule has 0 radical (unpaired) electrons. The van der Waals surface area contributed by atoms with E-state index in [9.17, 15) is 13.6 Å². The highest BCUT2D eigenvalue weighted by Gasteiger charge is 2.20. The van der Waals surface area contributed by atoms with Crippen molar-refractivity contribution in [2.24, 2.45) is 0 Å². The lowest BCUT2D eigenvalue weighted by Crippen LogP contribution is -2.45. The Labute approximate surface area is 104 Å². The Kier molecular flexibility index (Phi) is 4.46. The molecule has 0 aromatic heterocycles. The first-order chi connectivity index (χ1) is 7.85. The van der Waals surface area contributed by atoms with Crippen LogP contribution in [0.1, 0.15) is 19.4 Å². The largest absolute Gasteiger partial charge is 0.350 e. The minimum atomic E-state index is -0.719. The highest BCUT2D eigenvalue weighted by atomic mass is 35.5. The summed E-state index contributed by atoms with van der Waals surface area (Å²) in [4.78, 5) is 11.6. The van der Waals surface area contributed by atoms with Crippen molar-refractivity contribution >= 4 is 17.5 Å². The lowest BCUT2D eigenvalue weighted by atomic mass is 10.1. The predicted octanol–water partition coefficient (Wildman–Crippen LogP) is 2.64. The number of halogens is 3. The van der Waals surface area contributed by atoms with Gasteiger partial charge in [-0.3, -0.25) is 4.79 Å². The summed E-state index contributed by atoms with van der Waals surface area (Å²) in [5.74, 6) is -1.68. The van der Waals surface area contributed by atoms with Gasteiger partial charge in [0.05, 0.1) is 6.42 Å². The van der Waals surface area contributed by atoms with Crippen molar-refractivity contribution in [2.45, 2.75) is 25.8 Å². The highest BCUT2D eigenvalue weighted by Crippen LogP contribution is 2.13. The molecule has 0 atom stereocenters. The molecule has 0 aliphatic heterocycles. The number of carbonyl (C=O) groups is 1. The summed E-state index contributed by atoms with van der Waals surface area (Å²) >= 11 is 5.64. The molecule has 0 fully saturated rings. The summed E-state index contributed by atoms with van der Waals surface area (Å²) in [7, 11) is 0. The number of hydrogen-bond acceptors (Lipinski definition) is 1. The van der Waals surface area contributed by atoms with Crippen LogP contribution in [0.3, 0.4) is 0 Å². The van der Waals surface area contributed by atoms with E-state index in [0.29, 0.717) is 0 Å². The van der Waals surface area contributed by atoms with Crippen molar-refractivity contribution in [3.05, 3.63) is 35.4 Å². The summed E-state index contributed by atoms with van der Waals surface area (Å²) in [6.45, 7) is 3.46. The van der Waals surface area contributed by atoms with Crippen molar-refractivity contribution in [3.63, 3.8) is 0 Å². The van der Waals surface area contributed by atoms with Gasteiger partial charge in [0.15, 0.2) is 0 Å². The summed E-state index contributed by atoms with van der Waals surface area (Å²) in [6.07, 6.45) is -0.334. The van der Waals surface area contributed by atoms with Gasteiger partial charge in [-0.15, -0.1) is 11.6 Å². The van der Waals surface area contributed by atoms with Crippen LogP contribution in [0.15, 0.2) is 18.2 Å². The molecule has 17 heavy (non-hydrogen) atoms. The third-order valence-electron chi connectivity index (χ3n) is 2.21. The Morgan fingerprint density at radius 1 is 1.35 bits per heavy atom. The second kappa shape index (κ2) is 5.45. The number of benzene rings is 1. The lowest BCUT2D eigenvalue weighted by Gasteiger charge is -2.23. The van der Waals surface area contributed by atoms with Gasteiger partial charge in [-0.1, -0.05) is 6.07 Å². The molecule has 0 spiro atoms. The number of hydrogen-bond donors (Lipinski definition) is 1. The molecule has 1 aromatic rings. The van der Waals surface area contributed by atoms with Gasteiger partial charge in [-0.05, 0) is 26.0 Å². The summed E-state index contributed by atoms with van der Waals surface area (Å²) < 4.78 is 26.6. The normalized spacial score (nSPS) is 11.4. The predicted molar refractivity (Wildman–Crippen MR) is 63.0 cm³/mol. The Balaban J connectivity index is 2.75. The van der Waals surface area contributed by atoms with Crippen LogP contribution in [0, 0.1) is 11.6 Å². The minimum absolute atomic E-state index is 0.221. The molecule has 1 N–H and O–H groups in total. The smallest absolute Gasteiger partial charge is 0.225 e. The second-order valence-electron chi connectivity index (χ2n) is 4.44. The molecule has 94 valence electrons. The zero-order valence-corrected chi connectivity index (χ0v) is 10.4. The molecule has 0 heterocycles. The average molecular weight is 262 g/mol. The fourth-order valence-electron chi connectivity index (χ4n) is 1.32. The Bertz CT molecular complexity index is 401. The molecule has 0 saturated carbocycles. The lowest BCUT2D eigenvalue weighted by molar-refractivity contribution is -0.121. The van der Waals surface area contributed by atoms with Crippen LogP contribution in [0.2, 0.25) is 0 Å². The Morgan fingerprint density at radius 3 is 2.35 bits per heavy atom. The van der Waals surface area contributed by atoms with Gasteiger partial charge in [0.2, 0.25) is 5.91 Å². The zero-order chi connectivity index (χ0) is 13.1. The fourth-order valence-corrected chi connectivity index (χ4v) is 1.38. The first-order valence-electron chi connectivity index (χ1n) is 5.15. The highest BCUT2D eigenvalue weighted by molar-refractivity contribution is 6.18. The van der Waals surface area contributed by atoms with E-state index in [4.69, 9.17) is 11.6 Å². The molecule has 1 aromatic carbocycles. The van der Waals surface area contributed by atoms with Gasteiger partial charge in [-0.25, -0.2) is 8.78 Å². The number of carbonyl (C=O) groups excluding carboxylic acids is 1. The van der Waals surface area contributed by atoms with Gasteiger partial charge in [-0.2, -0.15) is 0 Å². The summed E-state index contributed by atoms with van der Waals surface area (Å²) in [5, 5.41) is 2.60. The first-order valence-corrected chi connectivity index (χ1v) is 5.69. The number of amides is 1. The SMILES string of the molecule is CC(C)(CCl)NC(=O)Cc1c(F)cccc1F. The third-order valence-corrected chi connectivity index (χ3v) is 2.88. The van der Waals surface area contributed by atoms with Crippen molar-refractivity contribution in [3.8, 4) is 0 Å². The van der Waals surface area contributed by atoms with Gasteiger partial charge in [0.25, 0.3) is 0 Å². The zero-order valence-electron chi connectivity index (χ0n) is 9.69. The second-order valence-corrected chi connectivity index (χ2v) is 4.71. The van der Waals surface area contributed by atoms with Crippen LogP contribution in [0.5, 0.6) is 0 Å². The number of rotatable bonds is 4. The van der Waals surface area contributed by atoms with E-state index in [1.807, 2.05) is 0 Å². The molecular weight excluding hydrogens is 248 g/mol.